The van der Waals surface area contributed by atoms with E-state index < -0.39 is 0 Å². The van der Waals surface area contributed by atoms with Crippen LogP contribution in [-0.4, -0.2) is 20.2 Å². The number of Topliss-reactive ketones (excluding diaryl/α,β-unsaturated/α-hetero) is 1. The van der Waals surface area contributed by atoms with Crippen LogP contribution in [0.1, 0.15) is 10.4 Å². The van der Waals surface area contributed by atoms with Crippen molar-refractivity contribution in [1.82, 2.24) is 9.13 Å². The molecule has 2 aromatic carbocycles. The first-order valence-electron chi connectivity index (χ1n) is 8.40. The summed E-state index contributed by atoms with van der Waals surface area (Å²) in [4.78, 5) is 25.5. The molecule has 0 unspecified atom stereocenters. The molecule has 27 heavy (non-hydrogen) atoms. The van der Waals surface area contributed by atoms with E-state index in [9.17, 15) is 9.59 Å². The van der Waals surface area contributed by atoms with Gasteiger partial charge in [-0.25, -0.2) is 0 Å². The van der Waals surface area contributed by atoms with Gasteiger partial charge in [0.1, 0.15) is 5.65 Å². The van der Waals surface area contributed by atoms with Gasteiger partial charge < -0.3 is 4.57 Å². The van der Waals surface area contributed by atoms with Crippen LogP contribution in [0.4, 0.5) is 0 Å². The maximum atomic E-state index is 13.0. The van der Waals surface area contributed by atoms with Gasteiger partial charge in [0.25, 0.3) is 5.56 Å². The SMILES string of the molecule is Cn1c(=O)c(-c2ccc(Cl)cc2)cc2c3c(C(=O)CBr)cccc3n(C)c21. The Morgan fingerprint density at radius 3 is 2.44 bits per heavy atom. The number of ketones is 1. The van der Waals surface area contributed by atoms with Gasteiger partial charge in [-0.05, 0) is 29.8 Å². The quantitative estimate of drug-likeness (QED) is 0.333. The van der Waals surface area contributed by atoms with Crippen molar-refractivity contribution < 1.29 is 4.79 Å². The third-order valence-electron chi connectivity index (χ3n) is 4.95. The Hall–Kier alpha value is -2.37. The number of rotatable bonds is 3. The Kier molecular flexibility index (Phi) is 4.44. The van der Waals surface area contributed by atoms with E-state index in [2.05, 4.69) is 15.9 Å². The third-order valence-corrected chi connectivity index (χ3v) is 5.71. The minimum absolute atomic E-state index is 0.00926. The van der Waals surface area contributed by atoms with Crippen molar-refractivity contribution in [2.75, 3.05) is 5.33 Å². The number of hydrogen-bond acceptors (Lipinski definition) is 2. The monoisotopic (exact) mass is 442 g/mol. The van der Waals surface area contributed by atoms with E-state index in [1.54, 1.807) is 23.7 Å². The van der Waals surface area contributed by atoms with Crippen LogP contribution >= 0.6 is 27.5 Å². The van der Waals surface area contributed by atoms with Gasteiger partial charge in [0.2, 0.25) is 0 Å². The first-order chi connectivity index (χ1) is 12.9. The molecule has 6 heteroatoms. The Labute approximate surface area is 169 Å². The topological polar surface area (TPSA) is 44.0 Å². The summed E-state index contributed by atoms with van der Waals surface area (Å²) in [5, 5.41) is 2.61. The van der Waals surface area contributed by atoms with E-state index in [4.69, 9.17) is 11.6 Å². The first-order valence-corrected chi connectivity index (χ1v) is 9.90. The number of fused-ring (bicyclic) bond motifs is 3. The smallest absolute Gasteiger partial charge is 0.259 e. The van der Waals surface area contributed by atoms with E-state index in [0.717, 1.165) is 27.5 Å². The highest BCUT2D eigenvalue weighted by molar-refractivity contribution is 9.09. The molecule has 136 valence electrons. The summed E-state index contributed by atoms with van der Waals surface area (Å²) in [7, 11) is 3.67. The number of aryl methyl sites for hydroxylation is 2. The zero-order valence-corrected chi connectivity index (χ0v) is 17.1. The lowest BCUT2D eigenvalue weighted by Crippen LogP contribution is -2.20. The van der Waals surface area contributed by atoms with Gasteiger partial charge in [-0.3, -0.25) is 14.2 Å². The van der Waals surface area contributed by atoms with Crippen molar-refractivity contribution in [1.29, 1.82) is 0 Å². The summed E-state index contributed by atoms with van der Waals surface area (Å²) in [6.45, 7) is 0. The Bertz CT molecular complexity index is 1270. The number of nitrogens with zero attached hydrogens (tertiary/aromatic N) is 2. The highest BCUT2D eigenvalue weighted by Crippen LogP contribution is 2.33. The van der Waals surface area contributed by atoms with Crippen molar-refractivity contribution in [2.24, 2.45) is 14.1 Å². The van der Waals surface area contributed by atoms with Gasteiger partial charge in [-0.1, -0.05) is 51.8 Å². The molecule has 4 nitrogen and oxygen atoms in total. The first kappa shape index (κ1) is 18.0. The van der Waals surface area contributed by atoms with Crippen LogP contribution in [0.2, 0.25) is 5.02 Å². The summed E-state index contributed by atoms with van der Waals surface area (Å²) in [5.74, 6) is 0.00926. The number of aromatic nitrogens is 2. The standard InChI is InChI=1S/C21H16BrClN2O2/c1-24-17-5-3-4-14(18(26)11-22)19(17)16-10-15(21(27)25(2)20(16)24)12-6-8-13(23)9-7-12/h3-10H,11H2,1-2H3. The molecule has 0 aliphatic heterocycles. The molecule has 0 spiro atoms. The summed E-state index contributed by atoms with van der Waals surface area (Å²) in [6, 6.07) is 14.8. The van der Waals surface area contributed by atoms with Crippen molar-refractivity contribution in [3.8, 4) is 11.1 Å². The molecule has 0 bridgehead atoms. The molecule has 4 aromatic rings. The minimum atomic E-state index is -0.0934. The molecule has 0 amide bonds. The van der Waals surface area contributed by atoms with E-state index in [1.807, 2.05) is 48.0 Å². The van der Waals surface area contributed by atoms with Crippen LogP contribution in [0.25, 0.3) is 33.1 Å². The molecule has 0 saturated heterocycles. The molecule has 2 aromatic heterocycles. The van der Waals surface area contributed by atoms with E-state index in [-0.39, 0.29) is 16.7 Å². The normalized spacial score (nSPS) is 11.4. The number of benzene rings is 2. The van der Waals surface area contributed by atoms with Gasteiger partial charge in [0, 0.05) is 41.0 Å². The number of alkyl halides is 1. The van der Waals surface area contributed by atoms with Crippen molar-refractivity contribution in [3.63, 3.8) is 0 Å². The van der Waals surface area contributed by atoms with Crippen molar-refractivity contribution in [3.05, 3.63) is 69.5 Å². The molecule has 0 aliphatic rings. The molecular formula is C21H16BrClN2O2. The molecule has 0 saturated carbocycles. The number of carbonyl (C=O) groups excluding carboxylic acids is 1. The lowest BCUT2D eigenvalue weighted by molar-refractivity contribution is 0.102. The van der Waals surface area contributed by atoms with Crippen molar-refractivity contribution >= 4 is 55.3 Å². The van der Waals surface area contributed by atoms with Gasteiger partial charge in [0.05, 0.1) is 10.8 Å². The molecule has 0 fully saturated rings. The van der Waals surface area contributed by atoms with Crippen LogP contribution in [0.5, 0.6) is 0 Å². The lowest BCUT2D eigenvalue weighted by atomic mass is 10.0. The summed E-state index contributed by atoms with van der Waals surface area (Å²) in [5.41, 5.74) is 3.63. The molecule has 2 heterocycles. The fourth-order valence-electron chi connectivity index (χ4n) is 3.68. The predicted octanol–water partition coefficient (Wildman–Crippen LogP) is 4.93. The number of halogens is 2. The highest BCUT2D eigenvalue weighted by atomic mass is 79.9. The molecular weight excluding hydrogens is 428 g/mol. The second-order valence-electron chi connectivity index (χ2n) is 6.48. The van der Waals surface area contributed by atoms with Gasteiger partial charge >= 0.3 is 0 Å². The zero-order chi connectivity index (χ0) is 19.3. The molecule has 0 atom stereocenters. The van der Waals surface area contributed by atoms with Crippen LogP contribution in [0.15, 0.2) is 53.3 Å². The fraction of sp³-hybridized carbons (Fsp3) is 0.143. The second kappa shape index (κ2) is 6.66. The lowest BCUT2D eigenvalue weighted by Gasteiger charge is -2.08. The highest BCUT2D eigenvalue weighted by Gasteiger charge is 2.19. The molecule has 0 aliphatic carbocycles. The maximum absolute atomic E-state index is 13.0. The number of pyridine rings is 1. The summed E-state index contributed by atoms with van der Waals surface area (Å²) in [6.07, 6.45) is 0. The summed E-state index contributed by atoms with van der Waals surface area (Å²) < 4.78 is 3.60. The van der Waals surface area contributed by atoms with Crippen LogP contribution in [0.3, 0.4) is 0 Å². The summed E-state index contributed by atoms with van der Waals surface area (Å²) >= 11 is 9.26. The minimum Gasteiger partial charge on any atom is -0.330 e. The van der Waals surface area contributed by atoms with Gasteiger partial charge in [0.15, 0.2) is 5.78 Å². The van der Waals surface area contributed by atoms with Gasteiger partial charge in [-0.2, -0.15) is 0 Å². The number of carbonyl (C=O) groups is 1. The molecule has 0 radical (unpaired) electrons. The third kappa shape index (κ3) is 2.73. The Morgan fingerprint density at radius 1 is 1.07 bits per heavy atom. The Morgan fingerprint density at radius 2 is 1.78 bits per heavy atom. The number of hydrogen-bond donors (Lipinski definition) is 0. The van der Waals surface area contributed by atoms with Crippen LogP contribution in [-0.2, 0) is 14.1 Å². The molecule has 0 N–H and O–H groups in total. The van der Waals surface area contributed by atoms with Crippen LogP contribution in [0, 0.1) is 0 Å². The van der Waals surface area contributed by atoms with E-state index >= 15 is 0 Å². The van der Waals surface area contributed by atoms with Crippen LogP contribution < -0.4 is 5.56 Å². The molecule has 4 rings (SSSR count). The average Bonchev–Trinajstić information content (AvgIpc) is 2.97. The zero-order valence-electron chi connectivity index (χ0n) is 14.8. The fourth-order valence-corrected chi connectivity index (χ4v) is 4.10. The predicted molar refractivity (Wildman–Crippen MR) is 114 cm³/mol. The van der Waals surface area contributed by atoms with E-state index in [0.29, 0.717) is 16.1 Å². The largest absolute Gasteiger partial charge is 0.330 e. The van der Waals surface area contributed by atoms with E-state index in [1.165, 1.54) is 0 Å². The average molecular weight is 444 g/mol. The Balaban J connectivity index is 2.17. The second-order valence-corrected chi connectivity index (χ2v) is 7.48. The van der Waals surface area contributed by atoms with Gasteiger partial charge in [-0.15, -0.1) is 0 Å². The maximum Gasteiger partial charge on any atom is 0.259 e. The van der Waals surface area contributed by atoms with Crippen molar-refractivity contribution in [2.45, 2.75) is 0 Å².